The summed E-state index contributed by atoms with van der Waals surface area (Å²) in [5.74, 6) is 1.02. The van der Waals surface area contributed by atoms with Crippen molar-refractivity contribution in [2.45, 2.75) is 39.5 Å². The molecule has 0 aliphatic carbocycles. The summed E-state index contributed by atoms with van der Waals surface area (Å²) in [4.78, 5) is 14.2. The molecule has 0 spiro atoms. The third-order valence-corrected chi connectivity index (χ3v) is 4.16. The SMILES string of the molecule is CC[C@@H](C)C(=O)N1CC[C@H](c2ccccc2C)C1. The van der Waals surface area contributed by atoms with Crippen molar-refractivity contribution in [2.75, 3.05) is 13.1 Å². The number of rotatable bonds is 3. The number of hydrogen-bond donors (Lipinski definition) is 0. The molecule has 2 heteroatoms. The molecule has 0 saturated carbocycles. The van der Waals surface area contributed by atoms with Gasteiger partial charge in [0, 0.05) is 24.9 Å². The van der Waals surface area contributed by atoms with Gasteiger partial charge >= 0.3 is 0 Å². The molecular weight excluding hydrogens is 222 g/mol. The molecule has 2 atom stereocenters. The van der Waals surface area contributed by atoms with Crippen molar-refractivity contribution in [3.63, 3.8) is 0 Å². The Kier molecular flexibility index (Phi) is 4.05. The van der Waals surface area contributed by atoms with Crippen LogP contribution in [0, 0.1) is 12.8 Å². The minimum Gasteiger partial charge on any atom is -0.342 e. The van der Waals surface area contributed by atoms with Crippen LogP contribution in [-0.2, 0) is 4.79 Å². The molecule has 0 bridgehead atoms. The predicted molar refractivity (Wildman–Crippen MR) is 74.6 cm³/mol. The van der Waals surface area contributed by atoms with Crippen molar-refractivity contribution in [1.29, 1.82) is 0 Å². The van der Waals surface area contributed by atoms with Gasteiger partial charge in [0.05, 0.1) is 0 Å². The normalized spacial score (nSPS) is 21.1. The Balaban J connectivity index is 2.05. The topological polar surface area (TPSA) is 20.3 Å². The van der Waals surface area contributed by atoms with Crippen LogP contribution in [0.4, 0.5) is 0 Å². The van der Waals surface area contributed by atoms with Gasteiger partial charge in [0.2, 0.25) is 5.91 Å². The van der Waals surface area contributed by atoms with E-state index in [0.29, 0.717) is 11.8 Å². The molecule has 2 rings (SSSR count). The zero-order valence-corrected chi connectivity index (χ0v) is 11.6. The Morgan fingerprint density at radius 3 is 2.83 bits per heavy atom. The quantitative estimate of drug-likeness (QED) is 0.799. The van der Waals surface area contributed by atoms with E-state index in [4.69, 9.17) is 0 Å². The van der Waals surface area contributed by atoms with Crippen LogP contribution in [-0.4, -0.2) is 23.9 Å². The van der Waals surface area contributed by atoms with Gasteiger partial charge in [0.1, 0.15) is 0 Å². The second kappa shape index (κ2) is 5.55. The van der Waals surface area contributed by atoms with E-state index in [-0.39, 0.29) is 5.92 Å². The highest BCUT2D eigenvalue weighted by Gasteiger charge is 2.29. The van der Waals surface area contributed by atoms with E-state index >= 15 is 0 Å². The maximum absolute atomic E-state index is 12.2. The number of hydrogen-bond acceptors (Lipinski definition) is 1. The molecule has 98 valence electrons. The molecule has 18 heavy (non-hydrogen) atoms. The molecule has 1 aliphatic rings. The van der Waals surface area contributed by atoms with Crippen molar-refractivity contribution in [3.8, 4) is 0 Å². The van der Waals surface area contributed by atoms with Crippen LogP contribution in [0.25, 0.3) is 0 Å². The molecule has 2 nitrogen and oxygen atoms in total. The maximum atomic E-state index is 12.2. The van der Waals surface area contributed by atoms with Crippen LogP contribution in [0.3, 0.4) is 0 Å². The van der Waals surface area contributed by atoms with Gasteiger partial charge < -0.3 is 4.90 Å². The summed E-state index contributed by atoms with van der Waals surface area (Å²) in [6.07, 6.45) is 2.04. The summed E-state index contributed by atoms with van der Waals surface area (Å²) in [5, 5.41) is 0. The lowest BCUT2D eigenvalue weighted by molar-refractivity contribution is -0.134. The van der Waals surface area contributed by atoms with Crippen molar-refractivity contribution in [3.05, 3.63) is 35.4 Å². The summed E-state index contributed by atoms with van der Waals surface area (Å²) < 4.78 is 0. The Hall–Kier alpha value is -1.31. The fourth-order valence-electron chi connectivity index (χ4n) is 2.75. The molecule has 1 aromatic carbocycles. The zero-order valence-electron chi connectivity index (χ0n) is 11.6. The number of likely N-dealkylation sites (tertiary alicyclic amines) is 1. The van der Waals surface area contributed by atoms with Gasteiger partial charge in [0.15, 0.2) is 0 Å². The zero-order chi connectivity index (χ0) is 13.1. The van der Waals surface area contributed by atoms with E-state index < -0.39 is 0 Å². The minimum atomic E-state index is 0.167. The number of carbonyl (C=O) groups excluding carboxylic acids is 1. The smallest absolute Gasteiger partial charge is 0.225 e. The average molecular weight is 245 g/mol. The van der Waals surface area contributed by atoms with Gasteiger partial charge in [-0.15, -0.1) is 0 Å². The van der Waals surface area contributed by atoms with Gasteiger partial charge in [-0.3, -0.25) is 4.79 Å². The Morgan fingerprint density at radius 2 is 2.17 bits per heavy atom. The first-order valence-corrected chi connectivity index (χ1v) is 6.97. The van der Waals surface area contributed by atoms with Crippen molar-refractivity contribution >= 4 is 5.91 Å². The van der Waals surface area contributed by atoms with Crippen LogP contribution in [0.15, 0.2) is 24.3 Å². The van der Waals surface area contributed by atoms with Crippen molar-refractivity contribution < 1.29 is 4.79 Å². The minimum absolute atomic E-state index is 0.167. The molecule has 1 aliphatic heterocycles. The second-order valence-corrected chi connectivity index (χ2v) is 5.44. The highest BCUT2D eigenvalue weighted by Crippen LogP contribution is 2.30. The average Bonchev–Trinajstić information content (AvgIpc) is 2.87. The predicted octanol–water partition coefficient (Wildman–Crippen LogP) is 3.36. The van der Waals surface area contributed by atoms with E-state index in [1.807, 2.05) is 11.8 Å². The van der Waals surface area contributed by atoms with Crippen LogP contribution < -0.4 is 0 Å². The number of amides is 1. The molecule has 0 radical (unpaired) electrons. The van der Waals surface area contributed by atoms with Gasteiger partial charge in [-0.2, -0.15) is 0 Å². The Bertz CT molecular complexity index is 427. The van der Waals surface area contributed by atoms with E-state index in [1.165, 1.54) is 11.1 Å². The molecular formula is C16H23NO. The Morgan fingerprint density at radius 1 is 1.44 bits per heavy atom. The summed E-state index contributed by atoms with van der Waals surface area (Å²) >= 11 is 0. The highest BCUT2D eigenvalue weighted by molar-refractivity contribution is 5.78. The van der Waals surface area contributed by atoms with Crippen LogP contribution >= 0.6 is 0 Å². The number of benzene rings is 1. The number of nitrogens with zero attached hydrogens (tertiary/aromatic N) is 1. The van der Waals surface area contributed by atoms with Gasteiger partial charge in [-0.25, -0.2) is 0 Å². The van der Waals surface area contributed by atoms with Crippen molar-refractivity contribution in [1.82, 2.24) is 4.90 Å². The Labute approximate surface area is 110 Å². The van der Waals surface area contributed by atoms with Gasteiger partial charge in [0.25, 0.3) is 0 Å². The van der Waals surface area contributed by atoms with E-state index in [0.717, 1.165) is 25.9 Å². The molecule has 1 amide bonds. The molecule has 0 unspecified atom stereocenters. The molecule has 0 aromatic heterocycles. The van der Waals surface area contributed by atoms with E-state index in [2.05, 4.69) is 38.1 Å². The first-order valence-electron chi connectivity index (χ1n) is 6.97. The summed E-state index contributed by atoms with van der Waals surface area (Å²) in [7, 11) is 0. The fraction of sp³-hybridized carbons (Fsp3) is 0.562. The first kappa shape index (κ1) is 13.1. The third kappa shape index (κ3) is 2.58. The number of aryl methyl sites for hydroxylation is 1. The first-order chi connectivity index (χ1) is 8.63. The lowest BCUT2D eigenvalue weighted by Gasteiger charge is -2.20. The standard InChI is InChI=1S/C16H23NO/c1-4-12(2)16(18)17-10-9-14(11-17)15-8-6-5-7-13(15)3/h5-8,12,14H,4,9-11H2,1-3H3/t12-,14+/m1/s1. The van der Waals surface area contributed by atoms with Gasteiger partial charge in [-0.05, 0) is 30.9 Å². The second-order valence-electron chi connectivity index (χ2n) is 5.44. The summed E-state index contributed by atoms with van der Waals surface area (Å²) in [6.45, 7) is 8.09. The molecule has 1 heterocycles. The monoisotopic (exact) mass is 245 g/mol. The molecule has 1 aromatic rings. The van der Waals surface area contributed by atoms with E-state index in [1.54, 1.807) is 0 Å². The number of carbonyl (C=O) groups is 1. The van der Waals surface area contributed by atoms with E-state index in [9.17, 15) is 4.79 Å². The van der Waals surface area contributed by atoms with Crippen molar-refractivity contribution in [2.24, 2.45) is 5.92 Å². The van der Waals surface area contributed by atoms with Crippen LogP contribution in [0.1, 0.15) is 43.7 Å². The van der Waals surface area contributed by atoms with Crippen LogP contribution in [0.2, 0.25) is 0 Å². The molecule has 1 fully saturated rings. The molecule has 0 N–H and O–H groups in total. The highest BCUT2D eigenvalue weighted by atomic mass is 16.2. The third-order valence-electron chi connectivity index (χ3n) is 4.16. The lowest BCUT2D eigenvalue weighted by atomic mass is 9.94. The largest absolute Gasteiger partial charge is 0.342 e. The molecule has 1 saturated heterocycles. The summed E-state index contributed by atoms with van der Waals surface area (Å²) in [5.41, 5.74) is 2.76. The maximum Gasteiger partial charge on any atom is 0.225 e. The van der Waals surface area contributed by atoms with Crippen LogP contribution in [0.5, 0.6) is 0 Å². The fourth-order valence-corrected chi connectivity index (χ4v) is 2.75. The van der Waals surface area contributed by atoms with Gasteiger partial charge in [-0.1, -0.05) is 38.1 Å². The lowest BCUT2D eigenvalue weighted by Crippen LogP contribution is -2.32. The summed E-state index contributed by atoms with van der Waals surface area (Å²) in [6, 6.07) is 8.54.